The van der Waals surface area contributed by atoms with Crippen molar-refractivity contribution in [1.29, 1.82) is 0 Å². The predicted octanol–water partition coefficient (Wildman–Crippen LogP) is 2.33. The van der Waals surface area contributed by atoms with Gasteiger partial charge in [-0.15, -0.1) is 11.3 Å². The van der Waals surface area contributed by atoms with Gasteiger partial charge in [-0.2, -0.15) is 0 Å². The summed E-state index contributed by atoms with van der Waals surface area (Å²) < 4.78 is 0. The maximum Gasteiger partial charge on any atom is 0.347 e. The second-order valence-electron chi connectivity index (χ2n) is 3.67. The summed E-state index contributed by atoms with van der Waals surface area (Å²) in [5.41, 5.74) is 1.82. The molecule has 0 unspecified atom stereocenters. The Morgan fingerprint density at radius 1 is 1.35 bits per heavy atom. The van der Waals surface area contributed by atoms with E-state index < -0.39 is 5.97 Å². The van der Waals surface area contributed by atoms with Crippen LogP contribution >= 0.6 is 11.3 Å². The number of rotatable bonds is 4. The standard InChI is InChI=1S/C12H12N2O2S/c1-8-14-10(11(17-8)12(15)16)3-2-9-4-6-13-7-5-9/h4-7H,2-3H2,1H3,(H,15,16). The lowest BCUT2D eigenvalue weighted by Gasteiger charge is -1.99. The largest absolute Gasteiger partial charge is 0.477 e. The lowest BCUT2D eigenvalue weighted by molar-refractivity contribution is 0.0700. The van der Waals surface area contributed by atoms with E-state index in [1.54, 1.807) is 12.4 Å². The van der Waals surface area contributed by atoms with Gasteiger partial charge in [0, 0.05) is 12.4 Å². The normalized spacial score (nSPS) is 10.4. The van der Waals surface area contributed by atoms with Crippen LogP contribution in [0, 0.1) is 6.92 Å². The molecule has 88 valence electrons. The summed E-state index contributed by atoms with van der Waals surface area (Å²) >= 11 is 1.23. The van der Waals surface area contributed by atoms with E-state index in [0.717, 1.165) is 17.0 Å². The molecule has 1 N–H and O–H groups in total. The van der Waals surface area contributed by atoms with E-state index in [2.05, 4.69) is 9.97 Å². The Morgan fingerprint density at radius 3 is 2.71 bits per heavy atom. The van der Waals surface area contributed by atoms with Gasteiger partial charge in [0.1, 0.15) is 4.88 Å². The zero-order valence-electron chi connectivity index (χ0n) is 9.38. The van der Waals surface area contributed by atoms with E-state index in [0.29, 0.717) is 17.0 Å². The van der Waals surface area contributed by atoms with E-state index in [4.69, 9.17) is 5.11 Å². The molecule has 0 aliphatic heterocycles. The molecular weight excluding hydrogens is 236 g/mol. The molecule has 0 atom stereocenters. The van der Waals surface area contributed by atoms with Crippen LogP contribution in [-0.2, 0) is 12.8 Å². The Balaban J connectivity index is 2.11. The molecule has 5 heteroatoms. The lowest BCUT2D eigenvalue weighted by atomic mass is 10.1. The van der Waals surface area contributed by atoms with E-state index >= 15 is 0 Å². The van der Waals surface area contributed by atoms with Gasteiger partial charge in [-0.25, -0.2) is 9.78 Å². The highest BCUT2D eigenvalue weighted by Gasteiger charge is 2.15. The van der Waals surface area contributed by atoms with Gasteiger partial charge in [0.15, 0.2) is 0 Å². The molecule has 0 bridgehead atoms. The molecule has 0 fully saturated rings. The van der Waals surface area contributed by atoms with Crippen molar-refractivity contribution in [3.05, 3.63) is 45.7 Å². The molecule has 2 rings (SSSR count). The van der Waals surface area contributed by atoms with E-state index in [1.807, 2.05) is 19.1 Å². The first kappa shape index (κ1) is 11.7. The van der Waals surface area contributed by atoms with Gasteiger partial charge in [0.2, 0.25) is 0 Å². The van der Waals surface area contributed by atoms with Crippen molar-refractivity contribution in [3.8, 4) is 0 Å². The molecule has 0 aliphatic rings. The zero-order valence-corrected chi connectivity index (χ0v) is 10.2. The molecule has 0 aromatic carbocycles. The van der Waals surface area contributed by atoms with Crippen LogP contribution in [0.4, 0.5) is 0 Å². The third kappa shape index (κ3) is 2.88. The first-order valence-electron chi connectivity index (χ1n) is 5.25. The average molecular weight is 248 g/mol. The fourth-order valence-corrected chi connectivity index (χ4v) is 2.42. The van der Waals surface area contributed by atoms with Crippen LogP contribution in [-0.4, -0.2) is 21.0 Å². The van der Waals surface area contributed by atoms with Crippen molar-refractivity contribution >= 4 is 17.3 Å². The summed E-state index contributed by atoms with van der Waals surface area (Å²) in [5.74, 6) is -0.889. The summed E-state index contributed by atoms with van der Waals surface area (Å²) in [6.45, 7) is 1.83. The topological polar surface area (TPSA) is 63.1 Å². The van der Waals surface area contributed by atoms with Gasteiger partial charge in [-0.1, -0.05) is 0 Å². The molecule has 4 nitrogen and oxygen atoms in total. The number of carboxylic acid groups (broad SMARTS) is 1. The van der Waals surface area contributed by atoms with Gasteiger partial charge in [0.05, 0.1) is 10.7 Å². The van der Waals surface area contributed by atoms with Crippen LogP contribution in [0.1, 0.15) is 25.9 Å². The van der Waals surface area contributed by atoms with Crippen molar-refractivity contribution in [3.63, 3.8) is 0 Å². The number of pyridine rings is 1. The van der Waals surface area contributed by atoms with Gasteiger partial charge < -0.3 is 5.11 Å². The molecule has 0 radical (unpaired) electrons. The first-order valence-corrected chi connectivity index (χ1v) is 6.07. The Kier molecular flexibility index (Phi) is 3.49. The van der Waals surface area contributed by atoms with Crippen LogP contribution in [0.2, 0.25) is 0 Å². The Morgan fingerprint density at radius 2 is 2.06 bits per heavy atom. The first-order chi connectivity index (χ1) is 8.16. The minimum atomic E-state index is -0.889. The monoisotopic (exact) mass is 248 g/mol. The van der Waals surface area contributed by atoms with Crippen LogP contribution in [0.3, 0.4) is 0 Å². The molecule has 2 heterocycles. The third-order valence-electron chi connectivity index (χ3n) is 2.40. The number of aromatic nitrogens is 2. The molecule has 0 saturated heterocycles. The number of hydrogen-bond acceptors (Lipinski definition) is 4. The fourth-order valence-electron chi connectivity index (χ4n) is 1.62. The molecule has 0 saturated carbocycles. The molecule has 0 amide bonds. The van der Waals surface area contributed by atoms with Gasteiger partial charge in [0.25, 0.3) is 0 Å². The summed E-state index contributed by atoms with van der Waals surface area (Å²) in [6.07, 6.45) is 4.90. The number of carboxylic acids is 1. The summed E-state index contributed by atoms with van der Waals surface area (Å²) in [7, 11) is 0. The maximum absolute atomic E-state index is 11.0. The smallest absolute Gasteiger partial charge is 0.347 e. The minimum absolute atomic E-state index is 0.358. The highest BCUT2D eigenvalue weighted by Crippen LogP contribution is 2.19. The van der Waals surface area contributed by atoms with Gasteiger partial charge >= 0.3 is 5.97 Å². The van der Waals surface area contributed by atoms with Crippen molar-refractivity contribution in [2.24, 2.45) is 0 Å². The highest BCUT2D eigenvalue weighted by atomic mass is 32.1. The van der Waals surface area contributed by atoms with Crippen LogP contribution < -0.4 is 0 Å². The summed E-state index contributed by atoms with van der Waals surface area (Å²) in [5, 5.41) is 9.83. The number of thiazole rings is 1. The summed E-state index contributed by atoms with van der Waals surface area (Å²) in [6, 6.07) is 3.86. The molecule has 2 aromatic rings. The van der Waals surface area contributed by atoms with Crippen molar-refractivity contribution in [2.75, 3.05) is 0 Å². The Labute approximate surface area is 103 Å². The SMILES string of the molecule is Cc1nc(CCc2ccncc2)c(C(=O)O)s1. The third-order valence-corrected chi connectivity index (χ3v) is 3.40. The molecule has 2 aromatic heterocycles. The number of aromatic carboxylic acids is 1. The quantitative estimate of drug-likeness (QED) is 0.902. The Bertz CT molecular complexity index is 523. The van der Waals surface area contributed by atoms with Crippen LogP contribution in [0.5, 0.6) is 0 Å². The van der Waals surface area contributed by atoms with E-state index in [9.17, 15) is 4.79 Å². The second-order valence-corrected chi connectivity index (χ2v) is 4.87. The van der Waals surface area contributed by atoms with Crippen LogP contribution in [0.25, 0.3) is 0 Å². The predicted molar refractivity (Wildman–Crippen MR) is 65.5 cm³/mol. The van der Waals surface area contributed by atoms with Crippen molar-refractivity contribution < 1.29 is 9.90 Å². The highest BCUT2D eigenvalue weighted by molar-refractivity contribution is 7.13. The number of carbonyl (C=O) groups is 1. The van der Waals surface area contributed by atoms with Crippen molar-refractivity contribution in [1.82, 2.24) is 9.97 Å². The summed E-state index contributed by atoms with van der Waals surface area (Å²) in [4.78, 5) is 19.6. The van der Waals surface area contributed by atoms with Crippen LogP contribution in [0.15, 0.2) is 24.5 Å². The van der Waals surface area contributed by atoms with Gasteiger partial charge in [-0.3, -0.25) is 4.98 Å². The molecule has 0 aliphatic carbocycles. The fraction of sp³-hybridized carbons (Fsp3) is 0.250. The molecular formula is C12H12N2O2S. The molecule has 0 spiro atoms. The van der Waals surface area contributed by atoms with E-state index in [-0.39, 0.29) is 0 Å². The number of hydrogen-bond donors (Lipinski definition) is 1. The van der Waals surface area contributed by atoms with E-state index in [1.165, 1.54) is 11.3 Å². The maximum atomic E-state index is 11.0. The Hall–Kier alpha value is -1.75. The lowest BCUT2D eigenvalue weighted by Crippen LogP contribution is -2.01. The minimum Gasteiger partial charge on any atom is -0.477 e. The second kappa shape index (κ2) is 5.05. The van der Waals surface area contributed by atoms with Gasteiger partial charge in [-0.05, 0) is 37.5 Å². The van der Waals surface area contributed by atoms with Crippen molar-refractivity contribution in [2.45, 2.75) is 19.8 Å². The number of aryl methyl sites for hydroxylation is 3. The number of nitrogens with zero attached hydrogens (tertiary/aromatic N) is 2. The zero-order chi connectivity index (χ0) is 12.3. The average Bonchev–Trinajstić information content (AvgIpc) is 2.69. The molecule has 17 heavy (non-hydrogen) atoms.